The molecular weight excluding hydrogens is 569 g/mol. The van der Waals surface area contributed by atoms with Crippen LogP contribution >= 0.6 is 47.0 Å². The van der Waals surface area contributed by atoms with E-state index in [2.05, 4.69) is 20.8 Å². The maximum Gasteiger partial charge on any atom is 0.500 e. The monoisotopic (exact) mass is 610 g/mol. The van der Waals surface area contributed by atoms with Gasteiger partial charge in [-0.25, -0.2) is 0 Å². The first-order valence-corrected chi connectivity index (χ1v) is 18.0. The number of rotatable bonds is 18. The molecule has 7 nitrogen and oxygen atoms in total. The van der Waals surface area contributed by atoms with Gasteiger partial charge < -0.3 is 22.8 Å². The van der Waals surface area contributed by atoms with Gasteiger partial charge in [-0.2, -0.15) is 0 Å². The fourth-order valence-corrected chi connectivity index (χ4v) is 8.88. The highest BCUT2D eigenvalue weighted by atomic mass is 32.2. The molecule has 0 aromatic heterocycles. The molecule has 1 aromatic carbocycles. The normalized spacial score (nSPS) is 13.8. The molecule has 0 aliphatic carbocycles. The van der Waals surface area contributed by atoms with Crippen molar-refractivity contribution in [1.29, 1.82) is 0 Å². The van der Waals surface area contributed by atoms with E-state index in [-0.39, 0.29) is 20.7 Å². The van der Waals surface area contributed by atoms with Gasteiger partial charge in [0.05, 0.1) is 6.61 Å². The summed E-state index contributed by atoms with van der Waals surface area (Å²) in [6, 6.07) is 10.3. The molecule has 2 atom stereocenters. The lowest BCUT2D eigenvalue weighted by Crippen LogP contribution is -2.42. The molecule has 0 amide bonds. The maximum atomic E-state index is 12.9. The van der Waals surface area contributed by atoms with Gasteiger partial charge in [0, 0.05) is 62.8 Å². The summed E-state index contributed by atoms with van der Waals surface area (Å²) in [4.78, 5) is 24.8. The van der Waals surface area contributed by atoms with E-state index in [0.29, 0.717) is 37.4 Å². The van der Waals surface area contributed by atoms with Crippen molar-refractivity contribution in [3.63, 3.8) is 0 Å². The molecule has 2 unspecified atom stereocenters. The highest BCUT2D eigenvalue weighted by Crippen LogP contribution is 2.39. The van der Waals surface area contributed by atoms with Crippen molar-refractivity contribution >= 4 is 64.7 Å². The Morgan fingerprint density at radius 3 is 2.16 bits per heavy atom. The summed E-state index contributed by atoms with van der Waals surface area (Å²) in [5, 5.41) is 0. The summed E-state index contributed by atoms with van der Waals surface area (Å²) in [7, 11) is 2.26. The van der Waals surface area contributed by atoms with Crippen LogP contribution < -0.4 is 4.74 Å². The largest absolute Gasteiger partial charge is 0.500 e. The van der Waals surface area contributed by atoms with Gasteiger partial charge in [-0.3, -0.25) is 9.59 Å². The first-order chi connectivity index (χ1) is 17.6. The fourth-order valence-electron chi connectivity index (χ4n) is 3.21. The summed E-state index contributed by atoms with van der Waals surface area (Å²) >= 11 is 5.14. The van der Waals surface area contributed by atoms with E-state index in [9.17, 15) is 9.59 Å². The third-order valence-corrected chi connectivity index (χ3v) is 13.1. The van der Waals surface area contributed by atoms with Crippen LogP contribution in [0.25, 0.3) is 0 Å². The van der Waals surface area contributed by atoms with Crippen LogP contribution in [0.3, 0.4) is 0 Å². The van der Waals surface area contributed by atoms with Gasteiger partial charge in [-0.05, 0) is 44.6 Å². The van der Waals surface area contributed by atoms with Crippen molar-refractivity contribution in [3.8, 4) is 5.75 Å². The number of carbonyl (C=O) groups is 2. The van der Waals surface area contributed by atoms with Crippen molar-refractivity contribution in [1.82, 2.24) is 0 Å². The van der Waals surface area contributed by atoms with E-state index in [0.717, 1.165) is 12.2 Å². The maximum absolute atomic E-state index is 12.9. The Labute approximate surface area is 240 Å². The molecule has 0 fully saturated rings. The van der Waals surface area contributed by atoms with Crippen molar-refractivity contribution in [2.45, 2.75) is 38.0 Å². The van der Waals surface area contributed by atoms with Gasteiger partial charge in [0.2, 0.25) is 8.89 Å². The topological polar surface area (TPSA) is 80.3 Å². The first-order valence-electron chi connectivity index (χ1n) is 12.1. The van der Waals surface area contributed by atoms with Crippen LogP contribution in [0.15, 0.2) is 30.3 Å². The molecule has 0 aliphatic rings. The Morgan fingerprint density at radius 2 is 1.57 bits per heavy atom. The lowest BCUT2D eigenvalue weighted by molar-refractivity contribution is 0.0966. The van der Waals surface area contributed by atoms with Gasteiger partial charge in [0.25, 0.3) is 0 Å². The Balaban J connectivity index is 2.49. The number of para-hydroxylation sites is 1. The summed E-state index contributed by atoms with van der Waals surface area (Å²) in [6.07, 6.45) is 2.57. The molecule has 0 N–H and O–H groups in total. The molecule has 1 aromatic rings. The molecule has 0 heterocycles. The molecule has 0 spiro atoms. The Hall–Kier alpha value is -0.183. The quantitative estimate of drug-likeness (QED) is 0.125. The van der Waals surface area contributed by atoms with E-state index >= 15 is 0 Å². The average Bonchev–Trinajstić information content (AvgIpc) is 2.89. The standard InChI is InChI=1S/C25H42O7S4Si/c1-20(16-31-14-11-15-37(28-4,29-5)30-6)18-34-24(27)36-25(2,3)21(19-35-23(26)33-7)17-32-22-12-9-8-10-13-22/h8-10,12-13,20-21H,11,14-19H2,1-7H3. The van der Waals surface area contributed by atoms with E-state index in [1.165, 1.54) is 47.0 Å². The summed E-state index contributed by atoms with van der Waals surface area (Å²) in [5.74, 6) is 2.29. The van der Waals surface area contributed by atoms with Crippen molar-refractivity contribution in [3.05, 3.63) is 30.3 Å². The lowest BCUT2D eigenvalue weighted by atomic mass is 9.98. The number of ether oxygens (including phenoxy) is 2. The van der Waals surface area contributed by atoms with Crippen molar-refractivity contribution in [2.24, 2.45) is 11.8 Å². The van der Waals surface area contributed by atoms with Gasteiger partial charge in [0.15, 0.2) is 0 Å². The zero-order chi connectivity index (χ0) is 27.7. The second-order valence-corrected chi connectivity index (χ2v) is 16.9. The molecule has 1 rings (SSSR count). The first kappa shape index (κ1) is 34.8. The molecule has 37 heavy (non-hydrogen) atoms. The fraction of sp³-hybridized carbons (Fsp3) is 0.680. The predicted molar refractivity (Wildman–Crippen MR) is 163 cm³/mol. The van der Waals surface area contributed by atoms with Crippen LogP contribution in [0.4, 0.5) is 9.59 Å². The number of hydrogen-bond acceptors (Lipinski definition) is 11. The van der Waals surface area contributed by atoms with E-state index < -0.39 is 13.6 Å². The number of benzene rings is 1. The van der Waals surface area contributed by atoms with Gasteiger partial charge in [-0.15, -0.1) is 0 Å². The second kappa shape index (κ2) is 19.0. The molecule has 212 valence electrons. The number of thioether (sulfide) groups is 4. The highest BCUT2D eigenvalue weighted by molar-refractivity contribution is 8.39. The predicted octanol–water partition coefficient (Wildman–Crippen LogP) is 7.18. The van der Waals surface area contributed by atoms with Crippen molar-refractivity contribution in [2.75, 3.05) is 58.9 Å². The van der Waals surface area contributed by atoms with E-state index in [4.69, 9.17) is 22.8 Å². The minimum Gasteiger partial charge on any atom is -0.493 e. The zero-order valence-corrected chi connectivity index (χ0v) is 27.2. The smallest absolute Gasteiger partial charge is 0.493 e. The third kappa shape index (κ3) is 14.1. The third-order valence-electron chi connectivity index (χ3n) is 5.69. The highest BCUT2D eigenvalue weighted by Gasteiger charge is 2.37. The lowest BCUT2D eigenvalue weighted by Gasteiger charge is -2.32. The minimum absolute atomic E-state index is 0.00563. The van der Waals surface area contributed by atoms with E-state index in [1.54, 1.807) is 27.6 Å². The van der Waals surface area contributed by atoms with Crippen LogP contribution in [-0.4, -0.2) is 81.4 Å². The van der Waals surface area contributed by atoms with Crippen LogP contribution in [0.2, 0.25) is 6.04 Å². The van der Waals surface area contributed by atoms with Crippen LogP contribution in [0.5, 0.6) is 5.75 Å². The summed E-state index contributed by atoms with van der Waals surface area (Å²) < 4.78 is 27.8. The van der Waals surface area contributed by atoms with Crippen LogP contribution in [0, 0.1) is 11.8 Å². The number of carbonyl (C=O) groups excluding carboxylic acids is 2. The van der Waals surface area contributed by atoms with Crippen LogP contribution in [-0.2, 0) is 18.0 Å². The SMILES string of the molecule is CO[Si](CCCOCC(C)CSC(=O)SC(C)(C)C(COc1ccccc1)CSC(=O)SC)(OC)OC. The minimum atomic E-state index is -2.56. The zero-order valence-electron chi connectivity index (χ0n) is 23.0. The number of hydrogen-bond donors (Lipinski definition) is 0. The Kier molecular flexibility index (Phi) is 17.9. The molecular formula is C25H42O7S4Si. The van der Waals surface area contributed by atoms with Gasteiger partial charge in [0.1, 0.15) is 5.75 Å². The molecule has 0 saturated heterocycles. The molecule has 0 saturated carbocycles. The Bertz CT molecular complexity index is 773. The summed E-state index contributed by atoms with van der Waals surface area (Å²) in [6.45, 7) is 7.78. The average molecular weight is 611 g/mol. The van der Waals surface area contributed by atoms with Gasteiger partial charge in [-0.1, -0.05) is 72.2 Å². The van der Waals surface area contributed by atoms with Crippen molar-refractivity contribution < 1.29 is 32.3 Å². The second-order valence-electron chi connectivity index (χ2n) is 8.93. The molecule has 0 bridgehead atoms. The van der Waals surface area contributed by atoms with E-state index in [1.807, 2.05) is 30.3 Å². The summed E-state index contributed by atoms with van der Waals surface area (Å²) in [5.41, 5.74) is 0. The molecule has 12 heteroatoms. The molecule has 0 radical (unpaired) electrons. The Morgan fingerprint density at radius 1 is 0.946 bits per heavy atom. The van der Waals surface area contributed by atoms with Crippen LogP contribution in [0.1, 0.15) is 27.2 Å². The molecule has 0 aliphatic heterocycles. The van der Waals surface area contributed by atoms with Gasteiger partial charge >= 0.3 is 8.80 Å².